The summed E-state index contributed by atoms with van der Waals surface area (Å²) in [5, 5.41) is 5.40. The Morgan fingerprint density at radius 2 is 1.80 bits per heavy atom. The van der Waals surface area contributed by atoms with E-state index in [1.807, 2.05) is 39.1 Å². The SMILES string of the molecule is CNC(c1ccc(OC(C)C)cc1)c1sccc1OC. The van der Waals surface area contributed by atoms with Gasteiger partial charge >= 0.3 is 0 Å². The molecule has 0 saturated heterocycles. The topological polar surface area (TPSA) is 30.5 Å². The summed E-state index contributed by atoms with van der Waals surface area (Å²) in [6.45, 7) is 4.06. The van der Waals surface area contributed by atoms with Crippen LogP contribution < -0.4 is 14.8 Å². The summed E-state index contributed by atoms with van der Waals surface area (Å²) < 4.78 is 11.1. The number of thiophene rings is 1. The van der Waals surface area contributed by atoms with Gasteiger partial charge in [0.05, 0.1) is 24.1 Å². The third-order valence-electron chi connectivity index (χ3n) is 3.01. The van der Waals surface area contributed by atoms with Crippen molar-refractivity contribution >= 4 is 11.3 Å². The minimum Gasteiger partial charge on any atom is -0.496 e. The van der Waals surface area contributed by atoms with Gasteiger partial charge in [0.1, 0.15) is 11.5 Å². The van der Waals surface area contributed by atoms with E-state index in [4.69, 9.17) is 9.47 Å². The van der Waals surface area contributed by atoms with E-state index in [9.17, 15) is 0 Å². The van der Waals surface area contributed by atoms with E-state index in [1.54, 1.807) is 18.4 Å². The van der Waals surface area contributed by atoms with E-state index in [-0.39, 0.29) is 12.1 Å². The fourth-order valence-electron chi connectivity index (χ4n) is 2.15. The highest BCUT2D eigenvalue weighted by molar-refractivity contribution is 7.10. The van der Waals surface area contributed by atoms with Crippen molar-refractivity contribution in [1.29, 1.82) is 0 Å². The second-order valence-electron chi connectivity index (χ2n) is 4.81. The van der Waals surface area contributed by atoms with Gasteiger partial charge in [-0.2, -0.15) is 0 Å². The first kappa shape index (κ1) is 14.9. The van der Waals surface area contributed by atoms with Crippen molar-refractivity contribution in [2.75, 3.05) is 14.2 Å². The van der Waals surface area contributed by atoms with Crippen LogP contribution in [-0.4, -0.2) is 20.3 Å². The molecule has 0 aliphatic rings. The van der Waals surface area contributed by atoms with Crippen molar-refractivity contribution in [2.24, 2.45) is 0 Å². The van der Waals surface area contributed by atoms with Crippen LogP contribution in [0.2, 0.25) is 0 Å². The quantitative estimate of drug-likeness (QED) is 0.877. The van der Waals surface area contributed by atoms with Crippen LogP contribution in [0, 0.1) is 0 Å². The lowest BCUT2D eigenvalue weighted by Gasteiger charge is -2.17. The van der Waals surface area contributed by atoms with Crippen LogP contribution >= 0.6 is 11.3 Å². The van der Waals surface area contributed by atoms with Crippen LogP contribution in [0.1, 0.15) is 30.3 Å². The minimum atomic E-state index is 0.137. The molecule has 1 atom stereocenters. The zero-order chi connectivity index (χ0) is 14.5. The zero-order valence-electron chi connectivity index (χ0n) is 12.3. The highest BCUT2D eigenvalue weighted by atomic mass is 32.1. The maximum Gasteiger partial charge on any atom is 0.134 e. The molecule has 1 aromatic heterocycles. The van der Waals surface area contributed by atoms with Crippen LogP contribution in [0.3, 0.4) is 0 Å². The third-order valence-corrected chi connectivity index (χ3v) is 3.98. The summed E-state index contributed by atoms with van der Waals surface area (Å²) >= 11 is 1.70. The van der Waals surface area contributed by atoms with E-state index < -0.39 is 0 Å². The monoisotopic (exact) mass is 291 g/mol. The van der Waals surface area contributed by atoms with Crippen LogP contribution in [0.5, 0.6) is 11.5 Å². The molecular formula is C16H21NO2S. The maximum absolute atomic E-state index is 5.68. The Bertz CT molecular complexity index is 534. The molecule has 1 unspecified atom stereocenters. The van der Waals surface area contributed by atoms with Crippen LogP contribution in [0.4, 0.5) is 0 Å². The normalized spacial score (nSPS) is 12.4. The first-order chi connectivity index (χ1) is 9.65. The Balaban J connectivity index is 2.24. The Morgan fingerprint density at radius 3 is 2.35 bits per heavy atom. The van der Waals surface area contributed by atoms with Crippen molar-refractivity contribution in [2.45, 2.75) is 26.0 Å². The zero-order valence-corrected chi connectivity index (χ0v) is 13.2. The number of hydrogen-bond acceptors (Lipinski definition) is 4. The smallest absolute Gasteiger partial charge is 0.134 e. The molecule has 2 aromatic rings. The molecule has 0 radical (unpaired) electrons. The molecule has 1 N–H and O–H groups in total. The average molecular weight is 291 g/mol. The molecule has 0 fully saturated rings. The predicted octanol–water partition coefficient (Wildman–Crippen LogP) is 3.85. The Kier molecular flexibility index (Phi) is 5.04. The molecule has 0 spiro atoms. The van der Waals surface area contributed by atoms with Crippen molar-refractivity contribution < 1.29 is 9.47 Å². The molecule has 0 aliphatic carbocycles. The summed E-state index contributed by atoms with van der Waals surface area (Å²) in [5.74, 6) is 1.83. The molecule has 0 amide bonds. The van der Waals surface area contributed by atoms with E-state index in [0.717, 1.165) is 11.5 Å². The summed E-state index contributed by atoms with van der Waals surface area (Å²) in [4.78, 5) is 1.19. The standard InChI is InChI=1S/C16H21NO2S/c1-11(2)19-13-7-5-12(6-8-13)15(17-3)16-14(18-4)9-10-20-16/h5-11,15,17H,1-4H3. The maximum atomic E-state index is 5.68. The number of ether oxygens (including phenoxy) is 2. The van der Waals surface area contributed by atoms with Gasteiger partial charge in [-0.15, -0.1) is 11.3 Å². The van der Waals surface area contributed by atoms with Gasteiger partial charge in [-0.05, 0) is 50.0 Å². The first-order valence-corrected chi connectivity index (χ1v) is 7.59. The lowest BCUT2D eigenvalue weighted by atomic mass is 10.0. The van der Waals surface area contributed by atoms with Gasteiger partial charge in [0.15, 0.2) is 0 Å². The minimum absolute atomic E-state index is 0.137. The lowest BCUT2D eigenvalue weighted by Crippen LogP contribution is -2.17. The highest BCUT2D eigenvalue weighted by Crippen LogP contribution is 2.35. The van der Waals surface area contributed by atoms with E-state index >= 15 is 0 Å². The van der Waals surface area contributed by atoms with Crippen molar-refractivity contribution in [1.82, 2.24) is 5.32 Å². The molecule has 1 aromatic carbocycles. The average Bonchev–Trinajstić information content (AvgIpc) is 2.89. The van der Waals surface area contributed by atoms with Gasteiger partial charge in [0.2, 0.25) is 0 Å². The summed E-state index contributed by atoms with van der Waals surface area (Å²) in [6.07, 6.45) is 0.193. The number of nitrogens with one attached hydrogen (secondary N) is 1. The number of hydrogen-bond donors (Lipinski definition) is 1. The Morgan fingerprint density at radius 1 is 1.10 bits per heavy atom. The van der Waals surface area contributed by atoms with Crippen LogP contribution in [0.15, 0.2) is 35.7 Å². The molecule has 20 heavy (non-hydrogen) atoms. The molecule has 0 saturated carbocycles. The molecule has 3 nitrogen and oxygen atoms in total. The van der Waals surface area contributed by atoms with Gasteiger partial charge in [0, 0.05) is 0 Å². The van der Waals surface area contributed by atoms with Gasteiger partial charge in [-0.3, -0.25) is 0 Å². The van der Waals surface area contributed by atoms with Gasteiger partial charge < -0.3 is 14.8 Å². The fourth-order valence-corrected chi connectivity index (χ4v) is 3.14. The van der Waals surface area contributed by atoms with Crippen molar-refractivity contribution in [3.63, 3.8) is 0 Å². The molecule has 2 rings (SSSR count). The highest BCUT2D eigenvalue weighted by Gasteiger charge is 2.18. The summed E-state index contributed by atoms with van der Waals surface area (Å²) in [7, 11) is 3.67. The van der Waals surface area contributed by atoms with Crippen LogP contribution in [0.25, 0.3) is 0 Å². The van der Waals surface area contributed by atoms with E-state index in [0.29, 0.717) is 0 Å². The second kappa shape index (κ2) is 6.77. The number of methoxy groups -OCH3 is 1. The van der Waals surface area contributed by atoms with Gasteiger partial charge in [-0.1, -0.05) is 12.1 Å². The van der Waals surface area contributed by atoms with E-state index in [1.165, 1.54) is 10.4 Å². The third kappa shape index (κ3) is 3.32. The van der Waals surface area contributed by atoms with Crippen molar-refractivity contribution in [3.05, 3.63) is 46.2 Å². The Labute approximate surface area is 124 Å². The first-order valence-electron chi connectivity index (χ1n) is 6.71. The molecule has 1 heterocycles. The summed E-state index contributed by atoms with van der Waals surface area (Å²) in [5.41, 5.74) is 1.20. The molecule has 4 heteroatoms. The van der Waals surface area contributed by atoms with Gasteiger partial charge in [0.25, 0.3) is 0 Å². The second-order valence-corrected chi connectivity index (χ2v) is 5.76. The molecule has 108 valence electrons. The summed E-state index contributed by atoms with van der Waals surface area (Å²) in [6, 6.07) is 10.4. The lowest BCUT2D eigenvalue weighted by molar-refractivity contribution is 0.242. The van der Waals surface area contributed by atoms with Crippen LogP contribution in [-0.2, 0) is 0 Å². The molecule has 0 bridgehead atoms. The fraction of sp³-hybridized carbons (Fsp3) is 0.375. The van der Waals surface area contributed by atoms with Crippen molar-refractivity contribution in [3.8, 4) is 11.5 Å². The van der Waals surface area contributed by atoms with Gasteiger partial charge in [-0.25, -0.2) is 0 Å². The Hall–Kier alpha value is -1.52. The number of benzene rings is 1. The van der Waals surface area contributed by atoms with E-state index in [2.05, 4.69) is 22.8 Å². The predicted molar refractivity (Wildman–Crippen MR) is 84.0 cm³/mol. The largest absolute Gasteiger partial charge is 0.496 e. The molecular weight excluding hydrogens is 270 g/mol. The molecule has 0 aliphatic heterocycles. The number of rotatable bonds is 6.